The van der Waals surface area contributed by atoms with Gasteiger partial charge in [0, 0.05) is 6.42 Å². The zero-order valence-corrected chi connectivity index (χ0v) is 9.60. The fourth-order valence-electron chi connectivity index (χ4n) is 1.63. The van der Waals surface area contributed by atoms with Crippen LogP contribution in [0.2, 0.25) is 0 Å². The number of hydrogen-bond acceptors (Lipinski definition) is 5. The highest BCUT2D eigenvalue weighted by molar-refractivity contribution is 5.75. The molecule has 0 fully saturated rings. The monoisotopic (exact) mass is 234 g/mol. The smallest absolute Gasteiger partial charge is 0.306 e. The van der Waals surface area contributed by atoms with Gasteiger partial charge in [-0.15, -0.1) is 0 Å². The van der Waals surface area contributed by atoms with Crippen molar-refractivity contribution in [3.63, 3.8) is 0 Å². The third-order valence-corrected chi connectivity index (χ3v) is 2.39. The van der Waals surface area contributed by atoms with E-state index in [1.54, 1.807) is 13.0 Å². The Morgan fingerprint density at radius 1 is 1.53 bits per heavy atom. The fourth-order valence-corrected chi connectivity index (χ4v) is 1.63. The molecule has 0 spiro atoms. The lowest BCUT2D eigenvalue weighted by molar-refractivity contribution is -0.143. The molecule has 0 aliphatic rings. The lowest BCUT2D eigenvalue weighted by Gasteiger charge is -2.01. The Balaban J connectivity index is 2.06. The first-order valence-corrected chi connectivity index (χ1v) is 5.49. The summed E-state index contributed by atoms with van der Waals surface area (Å²) in [6.45, 7) is 2.21. The number of anilines is 1. The summed E-state index contributed by atoms with van der Waals surface area (Å²) >= 11 is 0. The van der Waals surface area contributed by atoms with E-state index < -0.39 is 0 Å². The summed E-state index contributed by atoms with van der Waals surface area (Å²) in [7, 11) is 0. The van der Waals surface area contributed by atoms with Crippen molar-refractivity contribution < 1.29 is 13.9 Å². The van der Waals surface area contributed by atoms with Gasteiger partial charge in [0.15, 0.2) is 5.58 Å². The van der Waals surface area contributed by atoms with Crippen molar-refractivity contribution in [2.45, 2.75) is 19.8 Å². The number of nitrogens with zero attached hydrogens (tertiary/aromatic N) is 1. The minimum Gasteiger partial charge on any atom is -0.466 e. The SMILES string of the molecule is CCOC(=O)CCc1ccc2oc(N)nc2c1. The van der Waals surface area contributed by atoms with Crippen molar-refractivity contribution in [1.82, 2.24) is 4.98 Å². The molecule has 0 radical (unpaired) electrons. The number of carbonyl (C=O) groups is 1. The van der Waals surface area contributed by atoms with E-state index in [4.69, 9.17) is 14.9 Å². The number of hydrogen-bond donors (Lipinski definition) is 1. The maximum atomic E-state index is 11.2. The van der Waals surface area contributed by atoms with Crippen molar-refractivity contribution in [1.29, 1.82) is 0 Å². The molecule has 0 bridgehead atoms. The summed E-state index contributed by atoms with van der Waals surface area (Å²) in [5.74, 6) is -0.188. The molecule has 2 aromatic rings. The number of aromatic nitrogens is 1. The molecule has 5 nitrogen and oxygen atoms in total. The number of nitrogen functional groups attached to an aromatic ring is 1. The summed E-state index contributed by atoms with van der Waals surface area (Å²) in [4.78, 5) is 15.2. The van der Waals surface area contributed by atoms with Gasteiger partial charge in [0.05, 0.1) is 6.61 Å². The number of fused-ring (bicyclic) bond motifs is 1. The van der Waals surface area contributed by atoms with Gasteiger partial charge in [-0.05, 0) is 31.0 Å². The van der Waals surface area contributed by atoms with Crippen molar-refractivity contribution in [3.05, 3.63) is 23.8 Å². The topological polar surface area (TPSA) is 78.3 Å². The summed E-state index contributed by atoms with van der Waals surface area (Å²) in [5, 5.41) is 0. The molecular formula is C12H14N2O3. The average molecular weight is 234 g/mol. The molecule has 2 N–H and O–H groups in total. The maximum Gasteiger partial charge on any atom is 0.306 e. The molecule has 5 heteroatoms. The van der Waals surface area contributed by atoms with Crippen molar-refractivity contribution >= 4 is 23.1 Å². The van der Waals surface area contributed by atoms with Crippen LogP contribution in [0.15, 0.2) is 22.6 Å². The van der Waals surface area contributed by atoms with Crippen LogP contribution >= 0.6 is 0 Å². The Morgan fingerprint density at radius 2 is 2.35 bits per heavy atom. The number of nitrogens with two attached hydrogens (primary N) is 1. The minimum atomic E-state index is -0.188. The molecule has 0 saturated heterocycles. The highest BCUT2D eigenvalue weighted by Crippen LogP contribution is 2.18. The fraction of sp³-hybridized carbons (Fsp3) is 0.333. The summed E-state index contributed by atoms with van der Waals surface area (Å²) < 4.78 is 10.0. The van der Waals surface area contributed by atoms with E-state index in [1.165, 1.54) is 0 Å². The van der Waals surface area contributed by atoms with Crippen molar-refractivity contribution in [3.8, 4) is 0 Å². The van der Waals surface area contributed by atoms with Gasteiger partial charge in [-0.2, -0.15) is 4.98 Å². The molecule has 0 saturated carbocycles. The van der Waals surface area contributed by atoms with E-state index >= 15 is 0 Å². The van der Waals surface area contributed by atoms with E-state index in [0.29, 0.717) is 30.5 Å². The van der Waals surface area contributed by atoms with Crippen LogP contribution in [0.1, 0.15) is 18.9 Å². The largest absolute Gasteiger partial charge is 0.466 e. The molecule has 0 unspecified atom stereocenters. The van der Waals surface area contributed by atoms with E-state index in [9.17, 15) is 4.79 Å². The van der Waals surface area contributed by atoms with Crippen molar-refractivity contribution in [2.75, 3.05) is 12.3 Å². The van der Waals surface area contributed by atoms with E-state index in [-0.39, 0.29) is 12.0 Å². The third-order valence-electron chi connectivity index (χ3n) is 2.39. The van der Waals surface area contributed by atoms with Crippen LogP contribution in [0.25, 0.3) is 11.1 Å². The molecule has 0 aliphatic heterocycles. The number of oxazole rings is 1. The van der Waals surface area contributed by atoms with Gasteiger partial charge < -0.3 is 14.9 Å². The second-order valence-corrected chi connectivity index (χ2v) is 3.66. The number of carbonyl (C=O) groups excluding carboxylic acids is 1. The molecule has 1 aromatic heterocycles. The third kappa shape index (κ3) is 2.75. The van der Waals surface area contributed by atoms with Crippen LogP contribution in [0.4, 0.5) is 6.01 Å². The predicted octanol–water partition coefficient (Wildman–Crippen LogP) is 1.91. The molecular weight excluding hydrogens is 220 g/mol. The van der Waals surface area contributed by atoms with Crippen LogP contribution in [-0.4, -0.2) is 17.6 Å². The first-order valence-electron chi connectivity index (χ1n) is 5.49. The molecule has 90 valence electrons. The number of rotatable bonds is 4. The van der Waals surface area contributed by atoms with Crippen molar-refractivity contribution in [2.24, 2.45) is 0 Å². The number of aryl methyl sites for hydroxylation is 1. The molecule has 1 aromatic carbocycles. The summed E-state index contributed by atoms with van der Waals surface area (Å²) in [6.07, 6.45) is 0.994. The highest BCUT2D eigenvalue weighted by atomic mass is 16.5. The Hall–Kier alpha value is -2.04. The van der Waals surface area contributed by atoms with Crippen LogP contribution in [0, 0.1) is 0 Å². The maximum absolute atomic E-state index is 11.2. The lowest BCUT2D eigenvalue weighted by Crippen LogP contribution is -2.05. The van der Waals surface area contributed by atoms with Gasteiger partial charge in [0.1, 0.15) is 5.52 Å². The van der Waals surface area contributed by atoms with Gasteiger partial charge in [-0.1, -0.05) is 6.07 Å². The first-order chi connectivity index (χ1) is 8.19. The molecule has 0 aliphatic carbocycles. The summed E-state index contributed by atoms with van der Waals surface area (Å²) in [6, 6.07) is 5.72. The molecule has 2 rings (SSSR count). The number of esters is 1. The second-order valence-electron chi connectivity index (χ2n) is 3.66. The number of ether oxygens (including phenoxy) is 1. The zero-order valence-electron chi connectivity index (χ0n) is 9.60. The predicted molar refractivity (Wildman–Crippen MR) is 63.4 cm³/mol. The average Bonchev–Trinajstić information content (AvgIpc) is 2.66. The summed E-state index contributed by atoms with van der Waals surface area (Å²) in [5.41, 5.74) is 7.83. The Labute approximate surface area is 98.6 Å². The number of benzene rings is 1. The Morgan fingerprint density at radius 3 is 3.12 bits per heavy atom. The van der Waals surface area contributed by atoms with Crippen LogP contribution in [0.3, 0.4) is 0 Å². The Bertz CT molecular complexity index is 534. The van der Waals surface area contributed by atoms with Gasteiger partial charge in [0.25, 0.3) is 6.01 Å². The van der Waals surface area contributed by atoms with Gasteiger partial charge in [0.2, 0.25) is 0 Å². The normalized spacial score (nSPS) is 10.6. The van der Waals surface area contributed by atoms with E-state index in [2.05, 4.69) is 4.98 Å². The van der Waals surface area contributed by atoms with Crippen LogP contribution < -0.4 is 5.73 Å². The van der Waals surface area contributed by atoms with Crippen LogP contribution in [0.5, 0.6) is 0 Å². The molecule has 1 heterocycles. The molecule has 0 atom stereocenters. The van der Waals surface area contributed by atoms with Gasteiger partial charge in [-0.3, -0.25) is 4.79 Å². The zero-order chi connectivity index (χ0) is 12.3. The van der Waals surface area contributed by atoms with Gasteiger partial charge in [-0.25, -0.2) is 0 Å². The molecule has 0 amide bonds. The van der Waals surface area contributed by atoms with Gasteiger partial charge >= 0.3 is 5.97 Å². The standard InChI is InChI=1S/C12H14N2O3/c1-2-16-11(15)6-4-8-3-5-10-9(7-8)14-12(13)17-10/h3,5,7H,2,4,6H2,1H3,(H2,13,14). The Kier molecular flexibility index (Phi) is 3.27. The molecule has 17 heavy (non-hydrogen) atoms. The quantitative estimate of drug-likeness (QED) is 0.817. The lowest BCUT2D eigenvalue weighted by atomic mass is 10.1. The van der Waals surface area contributed by atoms with E-state index in [0.717, 1.165) is 5.56 Å². The van der Waals surface area contributed by atoms with Crippen LogP contribution in [-0.2, 0) is 16.0 Å². The first kappa shape index (κ1) is 11.4. The van der Waals surface area contributed by atoms with E-state index in [1.807, 2.05) is 12.1 Å². The highest BCUT2D eigenvalue weighted by Gasteiger charge is 2.06. The minimum absolute atomic E-state index is 0.155. The second kappa shape index (κ2) is 4.86.